The fourth-order valence-electron chi connectivity index (χ4n) is 4.45. The Kier molecular flexibility index (Phi) is 10.5. The summed E-state index contributed by atoms with van der Waals surface area (Å²) in [5.74, 6) is 0.862. The predicted octanol–water partition coefficient (Wildman–Crippen LogP) is 2.78. The van der Waals surface area contributed by atoms with Crippen LogP contribution in [0.25, 0.3) is 0 Å². The second kappa shape index (κ2) is 14.2. The standard InChI is InChI=1S/C29H36N4O6S/c1-38-25-5-3-4-22(14-25)32-29(36)20-6-7-23(30-16-20)18-33-12-10-21(11-13-33)31-17-24(34)19-39-26-8-9-27(35)28(15-26)40(2)37/h3-9,14-16,21,24,31,34-35H,10-13,17-19H2,1-2H3,(H,32,36). The largest absolute Gasteiger partial charge is 0.507 e. The van der Waals surface area contributed by atoms with E-state index in [1.807, 2.05) is 18.2 Å². The molecule has 2 aromatic carbocycles. The first kappa shape index (κ1) is 29.5. The van der Waals surface area contributed by atoms with Crippen LogP contribution in [0.2, 0.25) is 0 Å². The number of aliphatic hydroxyl groups is 1. The molecule has 0 spiro atoms. The number of likely N-dealkylation sites (tertiary alicyclic amines) is 1. The molecule has 4 rings (SSSR count). The van der Waals surface area contributed by atoms with Gasteiger partial charge < -0.3 is 30.3 Å². The van der Waals surface area contributed by atoms with Crippen molar-refractivity contribution < 1.29 is 28.7 Å². The summed E-state index contributed by atoms with van der Waals surface area (Å²) in [5, 5.41) is 26.4. The van der Waals surface area contributed by atoms with Crippen LogP contribution in [-0.2, 0) is 17.3 Å². The van der Waals surface area contributed by atoms with Gasteiger partial charge in [-0.15, -0.1) is 0 Å². The molecule has 2 heterocycles. The van der Waals surface area contributed by atoms with Gasteiger partial charge >= 0.3 is 0 Å². The van der Waals surface area contributed by atoms with E-state index < -0.39 is 16.9 Å². The van der Waals surface area contributed by atoms with Gasteiger partial charge in [0.05, 0.1) is 34.1 Å². The number of nitrogens with zero attached hydrogens (tertiary/aromatic N) is 2. The van der Waals surface area contributed by atoms with E-state index in [0.717, 1.165) is 31.6 Å². The van der Waals surface area contributed by atoms with Gasteiger partial charge in [0.1, 0.15) is 30.0 Å². The minimum Gasteiger partial charge on any atom is -0.507 e. The van der Waals surface area contributed by atoms with Gasteiger partial charge in [-0.1, -0.05) is 6.07 Å². The molecule has 0 bridgehead atoms. The number of benzene rings is 2. The topological polar surface area (TPSA) is 133 Å². The van der Waals surface area contributed by atoms with Crippen LogP contribution in [0.4, 0.5) is 5.69 Å². The number of ether oxygens (including phenoxy) is 2. The number of anilines is 1. The van der Waals surface area contributed by atoms with E-state index in [-0.39, 0.29) is 18.3 Å². The Morgan fingerprint density at radius 2 is 1.95 bits per heavy atom. The zero-order valence-electron chi connectivity index (χ0n) is 22.7. The maximum Gasteiger partial charge on any atom is 0.257 e. The van der Waals surface area contributed by atoms with Gasteiger partial charge in [-0.3, -0.25) is 18.9 Å². The first-order valence-corrected chi connectivity index (χ1v) is 14.7. The zero-order chi connectivity index (χ0) is 28.5. The van der Waals surface area contributed by atoms with Crippen molar-refractivity contribution in [3.05, 3.63) is 72.1 Å². The van der Waals surface area contributed by atoms with Crippen molar-refractivity contribution in [2.24, 2.45) is 0 Å². The number of aromatic hydroxyl groups is 1. The molecule has 1 aromatic heterocycles. The van der Waals surface area contributed by atoms with Gasteiger partial charge in [-0.05, 0) is 55.3 Å². The first-order chi connectivity index (χ1) is 19.3. The van der Waals surface area contributed by atoms with E-state index in [1.165, 1.54) is 18.4 Å². The molecule has 2 atom stereocenters. The lowest BCUT2D eigenvalue weighted by molar-refractivity contribution is 0.0977. The Morgan fingerprint density at radius 1 is 1.15 bits per heavy atom. The molecule has 0 aliphatic carbocycles. The number of methoxy groups -OCH3 is 1. The normalized spacial score (nSPS) is 15.8. The molecule has 3 aromatic rings. The highest BCUT2D eigenvalue weighted by Crippen LogP contribution is 2.25. The van der Waals surface area contributed by atoms with Crippen LogP contribution in [-0.4, -0.2) is 82.0 Å². The zero-order valence-corrected chi connectivity index (χ0v) is 23.5. The van der Waals surface area contributed by atoms with E-state index in [2.05, 4.69) is 20.5 Å². The number of carbonyl (C=O) groups excluding carboxylic acids is 1. The van der Waals surface area contributed by atoms with Crippen molar-refractivity contribution in [2.75, 3.05) is 44.9 Å². The minimum atomic E-state index is -1.33. The number of amides is 1. The summed E-state index contributed by atoms with van der Waals surface area (Å²) in [6.45, 7) is 2.99. The van der Waals surface area contributed by atoms with E-state index in [0.29, 0.717) is 46.8 Å². The van der Waals surface area contributed by atoms with Crippen LogP contribution < -0.4 is 20.1 Å². The predicted molar refractivity (Wildman–Crippen MR) is 153 cm³/mol. The molecule has 1 amide bonds. The van der Waals surface area contributed by atoms with Gasteiger partial charge in [0.15, 0.2) is 0 Å². The van der Waals surface area contributed by atoms with E-state index >= 15 is 0 Å². The fourth-order valence-corrected chi connectivity index (χ4v) is 5.09. The highest BCUT2D eigenvalue weighted by Gasteiger charge is 2.20. The third kappa shape index (κ3) is 8.49. The monoisotopic (exact) mass is 568 g/mol. The maximum atomic E-state index is 12.6. The van der Waals surface area contributed by atoms with Crippen LogP contribution in [0.3, 0.4) is 0 Å². The first-order valence-electron chi connectivity index (χ1n) is 13.1. The summed E-state index contributed by atoms with van der Waals surface area (Å²) in [6, 6.07) is 15.7. The second-order valence-corrected chi connectivity index (χ2v) is 11.1. The van der Waals surface area contributed by atoms with Crippen LogP contribution in [0, 0.1) is 0 Å². The SMILES string of the molecule is COc1cccc(NC(=O)c2ccc(CN3CCC(NCC(O)COc4ccc(O)c(S(C)=O)c4)CC3)nc2)c1. The summed E-state index contributed by atoms with van der Waals surface area (Å²) in [6.07, 6.45) is 4.27. The molecular weight excluding hydrogens is 532 g/mol. The molecule has 214 valence electrons. The third-order valence-corrected chi connectivity index (χ3v) is 7.66. The molecule has 11 heteroatoms. The van der Waals surface area contributed by atoms with E-state index in [1.54, 1.807) is 37.6 Å². The lowest BCUT2D eigenvalue weighted by Crippen LogP contribution is -2.45. The molecular formula is C29H36N4O6S. The van der Waals surface area contributed by atoms with Crippen LogP contribution in [0.1, 0.15) is 28.9 Å². The second-order valence-electron chi connectivity index (χ2n) is 9.73. The van der Waals surface area contributed by atoms with Gasteiger partial charge in [0.25, 0.3) is 5.91 Å². The Bertz CT molecular complexity index is 1300. The fraction of sp³-hybridized carbons (Fsp3) is 0.379. The highest BCUT2D eigenvalue weighted by molar-refractivity contribution is 7.84. The number of nitrogens with one attached hydrogen (secondary N) is 2. The maximum absolute atomic E-state index is 12.6. The van der Waals surface area contributed by atoms with Crippen LogP contribution in [0.5, 0.6) is 17.2 Å². The van der Waals surface area contributed by atoms with Gasteiger partial charge in [0, 0.05) is 56.4 Å². The number of hydrogen-bond acceptors (Lipinski definition) is 9. The number of phenolic OH excluding ortho intramolecular Hbond substituents is 1. The number of rotatable bonds is 12. The average Bonchev–Trinajstić information content (AvgIpc) is 2.96. The molecule has 1 aliphatic rings. The Morgan fingerprint density at radius 3 is 2.65 bits per heavy atom. The van der Waals surface area contributed by atoms with Gasteiger partial charge in [0.2, 0.25) is 0 Å². The summed E-state index contributed by atoms with van der Waals surface area (Å²) in [4.78, 5) is 19.7. The molecule has 2 unspecified atom stereocenters. The summed E-state index contributed by atoms with van der Waals surface area (Å²) in [7, 11) is 0.251. The average molecular weight is 569 g/mol. The summed E-state index contributed by atoms with van der Waals surface area (Å²) >= 11 is 0. The summed E-state index contributed by atoms with van der Waals surface area (Å²) in [5.41, 5.74) is 2.05. The lowest BCUT2D eigenvalue weighted by Gasteiger charge is -2.32. The van der Waals surface area contributed by atoms with Crippen molar-refractivity contribution in [1.82, 2.24) is 15.2 Å². The molecule has 1 aliphatic heterocycles. The molecule has 10 nitrogen and oxygen atoms in total. The van der Waals surface area contributed by atoms with Crippen LogP contribution >= 0.6 is 0 Å². The van der Waals surface area contributed by atoms with E-state index in [9.17, 15) is 19.2 Å². The molecule has 0 radical (unpaired) electrons. The van der Waals surface area contributed by atoms with Crippen LogP contribution in [0.15, 0.2) is 65.7 Å². The number of aromatic nitrogens is 1. The Labute approximate surface area is 236 Å². The van der Waals surface area contributed by atoms with Crippen molar-refractivity contribution in [2.45, 2.75) is 36.4 Å². The molecule has 1 saturated heterocycles. The van der Waals surface area contributed by atoms with Crippen molar-refractivity contribution in [3.63, 3.8) is 0 Å². The Hall–Kier alpha value is -3.51. The van der Waals surface area contributed by atoms with Crippen molar-refractivity contribution in [3.8, 4) is 17.2 Å². The lowest BCUT2D eigenvalue weighted by atomic mass is 10.0. The number of carbonyl (C=O) groups is 1. The van der Waals surface area contributed by atoms with E-state index in [4.69, 9.17) is 9.47 Å². The summed E-state index contributed by atoms with van der Waals surface area (Å²) < 4.78 is 22.5. The number of aliphatic hydroxyl groups excluding tert-OH is 1. The molecule has 0 saturated carbocycles. The smallest absolute Gasteiger partial charge is 0.257 e. The van der Waals surface area contributed by atoms with Gasteiger partial charge in [-0.25, -0.2) is 0 Å². The quantitative estimate of drug-likeness (QED) is 0.260. The minimum absolute atomic E-state index is 0.0394. The molecule has 1 fully saturated rings. The number of hydrogen-bond donors (Lipinski definition) is 4. The number of piperidine rings is 1. The van der Waals surface area contributed by atoms with Crippen molar-refractivity contribution >= 4 is 22.4 Å². The Balaban J connectivity index is 1.15. The molecule has 40 heavy (non-hydrogen) atoms. The number of pyridine rings is 1. The number of phenols is 1. The molecule has 4 N–H and O–H groups in total. The third-order valence-electron chi connectivity index (χ3n) is 6.71. The highest BCUT2D eigenvalue weighted by atomic mass is 32.2. The van der Waals surface area contributed by atoms with Crippen molar-refractivity contribution in [1.29, 1.82) is 0 Å². The van der Waals surface area contributed by atoms with Gasteiger partial charge in [-0.2, -0.15) is 0 Å².